The summed E-state index contributed by atoms with van der Waals surface area (Å²) in [6, 6.07) is 0. The topological polar surface area (TPSA) is 60.4 Å². The van der Waals surface area contributed by atoms with Gasteiger partial charge in [-0.2, -0.15) is 0 Å². The van der Waals surface area contributed by atoms with E-state index >= 15 is 0 Å². The van der Waals surface area contributed by atoms with Crippen LogP contribution >= 0.6 is 0 Å². The van der Waals surface area contributed by atoms with Crippen LogP contribution in [0, 0.1) is 29.6 Å². The Morgan fingerprint density at radius 2 is 1.59 bits per heavy atom. The van der Waals surface area contributed by atoms with Crippen molar-refractivity contribution < 1.29 is 19.1 Å². The van der Waals surface area contributed by atoms with Crippen LogP contribution in [0.15, 0.2) is 0 Å². The molecular formula is C18H30O4. The van der Waals surface area contributed by atoms with Gasteiger partial charge in [0.15, 0.2) is 0 Å². The van der Waals surface area contributed by atoms with E-state index in [1.54, 1.807) is 0 Å². The quantitative estimate of drug-likeness (QED) is 0.644. The molecule has 126 valence electrons. The van der Waals surface area contributed by atoms with Gasteiger partial charge in [-0.25, -0.2) is 0 Å². The fraction of sp³-hybridized carbons (Fsp3) is 0.833. The van der Waals surface area contributed by atoms with E-state index in [2.05, 4.69) is 0 Å². The molecule has 0 radical (unpaired) electrons. The zero-order chi connectivity index (χ0) is 16.9. The molecule has 1 fully saturated rings. The van der Waals surface area contributed by atoms with Crippen LogP contribution in [0.1, 0.15) is 59.8 Å². The van der Waals surface area contributed by atoms with Crippen molar-refractivity contribution in [3.05, 3.63) is 0 Å². The lowest BCUT2D eigenvalue weighted by Crippen LogP contribution is -2.34. The number of hydrogen-bond donors (Lipinski definition) is 0. The summed E-state index contributed by atoms with van der Waals surface area (Å²) in [6.45, 7) is 7.95. The van der Waals surface area contributed by atoms with Gasteiger partial charge in [-0.1, -0.05) is 34.1 Å². The lowest BCUT2D eigenvalue weighted by atomic mass is 9.77. The maximum atomic E-state index is 12.9. The minimum Gasteiger partial charge on any atom is -0.469 e. The summed E-state index contributed by atoms with van der Waals surface area (Å²) in [5.74, 6) is -0.351. The molecule has 22 heavy (non-hydrogen) atoms. The Morgan fingerprint density at radius 1 is 1.00 bits per heavy atom. The highest BCUT2D eigenvalue weighted by Crippen LogP contribution is 2.37. The molecule has 0 N–H and O–H groups in total. The number of carbonyl (C=O) groups is 3. The minimum absolute atomic E-state index is 0.0769. The van der Waals surface area contributed by atoms with Crippen LogP contribution < -0.4 is 0 Å². The van der Waals surface area contributed by atoms with Gasteiger partial charge in [0.25, 0.3) is 0 Å². The largest absolute Gasteiger partial charge is 0.469 e. The number of Topliss-reactive ketones (excluding diaryl/α,β-unsaturated/α-hetero) is 2. The highest BCUT2D eigenvalue weighted by atomic mass is 16.5. The Balaban J connectivity index is 2.83. The summed E-state index contributed by atoms with van der Waals surface area (Å²) in [6.07, 6.45) is 3.17. The first-order valence-corrected chi connectivity index (χ1v) is 8.41. The zero-order valence-electron chi connectivity index (χ0n) is 14.6. The molecule has 1 rings (SSSR count). The lowest BCUT2D eigenvalue weighted by Gasteiger charge is -2.25. The SMILES string of the molecule is COC(=O)CC(C(=O)C1CCCC1C(=O)CC(C)C)C(C)C. The Kier molecular flexibility index (Phi) is 7.24. The van der Waals surface area contributed by atoms with Crippen LogP contribution in [0.4, 0.5) is 0 Å². The van der Waals surface area contributed by atoms with Crippen LogP contribution in [-0.4, -0.2) is 24.6 Å². The third kappa shape index (κ3) is 4.92. The summed E-state index contributed by atoms with van der Waals surface area (Å²) >= 11 is 0. The third-order valence-electron chi connectivity index (χ3n) is 4.69. The van der Waals surface area contributed by atoms with Crippen molar-refractivity contribution in [2.75, 3.05) is 7.11 Å². The minimum atomic E-state index is -0.352. The van der Waals surface area contributed by atoms with Crippen molar-refractivity contribution in [2.45, 2.75) is 59.8 Å². The number of methoxy groups -OCH3 is 1. The number of hydrogen-bond acceptors (Lipinski definition) is 4. The Labute approximate surface area is 134 Å². The lowest BCUT2D eigenvalue weighted by molar-refractivity contribution is -0.146. The molecule has 0 aromatic carbocycles. The van der Waals surface area contributed by atoms with Gasteiger partial charge in [-0.15, -0.1) is 0 Å². The van der Waals surface area contributed by atoms with Crippen LogP contribution in [0.3, 0.4) is 0 Å². The van der Waals surface area contributed by atoms with Crippen molar-refractivity contribution in [1.82, 2.24) is 0 Å². The number of carbonyl (C=O) groups excluding carboxylic acids is 3. The second-order valence-electron chi connectivity index (χ2n) is 7.24. The van der Waals surface area contributed by atoms with Crippen LogP contribution in [0.5, 0.6) is 0 Å². The van der Waals surface area contributed by atoms with Gasteiger partial charge in [0.2, 0.25) is 0 Å². The zero-order valence-corrected chi connectivity index (χ0v) is 14.6. The highest BCUT2D eigenvalue weighted by Gasteiger charge is 2.41. The van der Waals surface area contributed by atoms with Gasteiger partial charge < -0.3 is 4.74 Å². The first kappa shape index (κ1) is 18.9. The predicted molar refractivity (Wildman–Crippen MR) is 85.3 cm³/mol. The fourth-order valence-electron chi connectivity index (χ4n) is 3.44. The molecule has 0 spiro atoms. The molecule has 4 nitrogen and oxygen atoms in total. The van der Waals surface area contributed by atoms with E-state index in [-0.39, 0.29) is 47.6 Å². The summed E-state index contributed by atoms with van der Waals surface area (Å²) in [5, 5.41) is 0. The van der Waals surface area contributed by atoms with Crippen molar-refractivity contribution in [3.8, 4) is 0 Å². The molecule has 1 saturated carbocycles. The van der Waals surface area contributed by atoms with Crippen molar-refractivity contribution in [2.24, 2.45) is 29.6 Å². The average Bonchev–Trinajstić information content (AvgIpc) is 2.92. The van der Waals surface area contributed by atoms with Crippen LogP contribution in [-0.2, 0) is 19.1 Å². The third-order valence-corrected chi connectivity index (χ3v) is 4.69. The summed E-state index contributed by atoms with van der Waals surface area (Å²) in [5.41, 5.74) is 0. The Hall–Kier alpha value is -1.19. The van der Waals surface area contributed by atoms with Crippen molar-refractivity contribution in [3.63, 3.8) is 0 Å². The smallest absolute Gasteiger partial charge is 0.306 e. The van der Waals surface area contributed by atoms with Gasteiger partial charge in [0.05, 0.1) is 13.5 Å². The maximum absolute atomic E-state index is 12.9. The first-order chi connectivity index (χ1) is 10.3. The van der Waals surface area contributed by atoms with E-state index in [9.17, 15) is 14.4 Å². The van der Waals surface area contributed by atoms with E-state index in [1.807, 2.05) is 27.7 Å². The van der Waals surface area contributed by atoms with E-state index in [4.69, 9.17) is 4.74 Å². The highest BCUT2D eigenvalue weighted by molar-refractivity contribution is 5.93. The Bertz CT molecular complexity index is 411. The summed E-state index contributed by atoms with van der Waals surface area (Å²) in [4.78, 5) is 36.8. The van der Waals surface area contributed by atoms with E-state index < -0.39 is 0 Å². The maximum Gasteiger partial charge on any atom is 0.306 e. The molecule has 0 amide bonds. The fourth-order valence-corrected chi connectivity index (χ4v) is 3.44. The molecule has 0 heterocycles. The Morgan fingerprint density at radius 3 is 2.09 bits per heavy atom. The second-order valence-corrected chi connectivity index (χ2v) is 7.24. The molecule has 1 aliphatic carbocycles. The molecule has 0 aromatic rings. The monoisotopic (exact) mass is 310 g/mol. The summed E-state index contributed by atoms with van der Waals surface area (Å²) < 4.78 is 4.71. The number of ketones is 2. The first-order valence-electron chi connectivity index (χ1n) is 8.41. The molecule has 0 bridgehead atoms. The van der Waals surface area contributed by atoms with Crippen molar-refractivity contribution >= 4 is 17.5 Å². The molecule has 0 aliphatic heterocycles. The van der Waals surface area contributed by atoms with Crippen molar-refractivity contribution in [1.29, 1.82) is 0 Å². The molecule has 3 atom stereocenters. The molecule has 0 aromatic heterocycles. The molecule has 4 heteroatoms. The summed E-state index contributed by atoms with van der Waals surface area (Å²) in [7, 11) is 1.34. The van der Waals surface area contributed by atoms with E-state index in [1.165, 1.54) is 7.11 Å². The van der Waals surface area contributed by atoms with E-state index in [0.29, 0.717) is 12.3 Å². The van der Waals surface area contributed by atoms with Gasteiger partial charge in [-0.05, 0) is 24.7 Å². The molecule has 0 saturated heterocycles. The standard InChI is InChI=1S/C18H30O4/c1-11(2)9-16(19)13-7-6-8-14(13)18(21)15(12(3)4)10-17(20)22-5/h11-15H,6-10H2,1-5H3. The van der Waals surface area contributed by atoms with Gasteiger partial charge in [0, 0.05) is 24.2 Å². The van der Waals surface area contributed by atoms with E-state index in [0.717, 1.165) is 19.3 Å². The second kappa shape index (κ2) is 8.44. The van der Waals surface area contributed by atoms with Crippen LogP contribution in [0.25, 0.3) is 0 Å². The number of esters is 1. The van der Waals surface area contributed by atoms with Gasteiger partial charge in [0.1, 0.15) is 11.6 Å². The number of rotatable bonds is 8. The van der Waals surface area contributed by atoms with Gasteiger partial charge >= 0.3 is 5.97 Å². The average molecular weight is 310 g/mol. The molecular weight excluding hydrogens is 280 g/mol. The molecule has 3 unspecified atom stereocenters. The normalized spacial score (nSPS) is 22.9. The van der Waals surface area contributed by atoms with Gasteiger partial charge in [-0.3, -0.25) is 14.4 Å². The predicted octanol–water partition coefficient (Wildman–Crippen LogP) is 3.42. The van der Waals surface area contributed by atoms with Crippen LogP contribution in [0.2, 0.25) is 0 Å². The number of ether oxygens (including phenoxy) is 1. The molecule has 1 aliphatic rings.